The van der Waals surface area contributed by atoms with Crippen molar-refractivity contribution in [1.82, 2.24) is 30.0 Å². The lowest BCUT2D eigenvalue weighted by molar-refractivity contribution is 0.152. The number of unbranched alkanes of at least 4 members (excludes halogenated alkanes) is 1. The second kappa shape index (κ2) is 11.7. The molecule has 1 saturated heterocycles. The Labute approximate surface area is 181 Å². The predicted molar refractivity (Wildman–Crippen MR) is 125 cm³/mol. The molecule has 0 bridgehead atoms. The lowest BCUT2D eigenvalue weighted by Gasteiger charge is -2.32. The van der Waals surface area contributed by atoms with Gasteiger partial charge < -0.3 is 25.0 Å². The van der Waals surface area contributed by atoms with Gasteiger partial charge in [-0.25, -0.2) is 4.98 Å². The van der Waals surface area contributed by atoms with E-state index in [9.17, 15) is 0 Å². The third kappa shape index (κ3) is 6.85. The molecule has 164 valence electrons. The monoisotopic (exact) mass is 411 g/mol. The average Bonchev–Trinajstić information content (AvgIpc) is 3.23. The van der Waals surface area contributed by atoms with Gasteiger partial charge >= 0.3 is 0 Å². The van der Waals surface area contributed by atoms with Gasteiger partial charge in [-0.2, -0.15) is 0 Å². The zero-order valence-corrected chi connectivity index (χ0v) is 18.8. The molecule has 1 aromatic heterocycles. The van der Waals surface area contributed by atoms with Crippen LogP contribution in [-0.4, -0.2) is 90.5 Å². The third-order valence-electron chi connectivity index (χ3n) is 5.54. The van der Waals surface area contributed by atoms with Crippen molar-refractivity contribution in [3.8, 4) is 11.3 Å². The van der Waals surface area contributed by atoms with E-state index in [-0.39, 0.29) is 0 Å². The Hall–Kier alpha value is -2.38. The van der Waals surface area contributed by atoms with Gasteiger partial charge in [0.25, 0.3) is 0 Å². The van der Waals surface area contributed by atoms with Crippen molar-refractivity contribution in [2.45, 2.75) is 26.3 Å². The maximum absolute atomic E-state index is 4.83. The van der Waals surface area contributed by atoms with Crippen LogP contribution in [-0.2, 0) is 6.54 Å². The number of hydrogen-bond acceptors (Lipinski definition) is 4. The number of rotatable bonds is 9. The molecule has 7 nitrogen and oxygen atoms in total. The average molecular weight is 412 g/mol. The van der Waals surface area contributed by atoms with E-state index in [1.807, 2.05) is 24.4 Å². The Kier molecular flexibility index (Phi) is 8.71. The van der Waals surface area contributed by atoms with Crippen LogP contribution in [0, 0.1) is 0 Å². The second-order valence-corrected chi connectivity index (χ2v) is 8.05. The molecule has 2 N–H and O–H groups in total. The fourth-order valence-electron chi connectivity index (χ4n) is 3.68. The molecule has 1 aromatic carbocycles. The number of piperazine rings is 1. The summed E-state index contributed by atoms with van der Waals surface area (Å²) in [5.41, 5.74) is 2.20. The van der Waals surface area contributed by atoms with Gasteiger partial charge in [0.1, 0.15) is 5.82 Å². The molecule has 1 fully saturated rings. The number of likely N-dealkylation sites (N-methyl/N-ethyl adjacent to an activating group) is 1. The van der Waals surface area contributed by atoms with Crippen molar-refractivity contribution in [2.24, 2.45) is 4.99 Å². The Morgan fingerprint density at radius 2 is 1.93 bits per heavy atom. The highest BCUT2D eigenvalue weighted by Gasteiger charge is 2.13. The van der Waals surface area contributed by atoms with Crippen molar-refractivity contribution < 1.29 is 0 Å². The first kappa shape index (κ1) is 22.3. The molecule has 2 heterocycles. The largest absolute Gasteiger partial charge is 0.357 e. The molecule has 0 aliphatic carbocycles. The Morgan fingerprint density at radius 3 is 2.67 bits per heavy atom. The smallest absolute Gasteiger partial charge is 0.194 e. The summed E-state index contributed by atoms with van der Waals surface area (Å²) < 4.78 is 0. The van der Waals surface area contributed by atoms with Crippen LogP contribution in [0.1, 0.15) is 25.6 Å². The second-order valence-electron chi connectivity index (χ2n) is 8.05. The number of hydrogen-bond donors (Lipinski definition) is 2. The SMILES string of the molecule is CCNC(=NCCCCN1CCN(C)CC1)N(C)Cc1ncc(-c2ccccc2)[nH]1. The zero-order chi connectivity index (χ0) is 21.2. The minimum atomic E-state index is 0.694. The van der Waals surface area contributed by atoms with E-state index < -0.39 is 0 Å². The van der Waals surface area contributed by atoms with Crippen LogP contribution in [0.4, 0.5) is 0 Å². The number of benzene rings is 1. The summed E-state index contributed by atoms with van der Waals surface area (Å²) in [5.74, 6) is 1.88. The van der Waals surface area contributed by atoms with Crippen molar-refractivity contribution >= 4 is 5.96 Å². The van der Waals surface area contributed by atoms with Gasteiger partial charge in [-0.05, 0) is 38.9 Å². The normalized spacial score (nSPS) is 16.0. The Bertz CT molecular complexity index is 763. The van der Waals surface area contributed by atoms with Gasteiger partial charge in [0.2, 0.25) is 0 Å². The minimum Gasteiger partial charge on any atom is -0.357 e. The van der Waals surface area contributed by atoms with Crippen LogP contribution in [0.5, 0.6) is 0 Å². The Morgan fingerprint density at radius 1 is 1.17 bits per heavy atom. The van der Waals surface area contributed by atoms with Crippen LogP contribution < -0.4 is 5.32 Å². The Balaban J connectivity index is 1.45. The van der Waals surface area contributed by atoms with Gasteiger partial charge in [0.15, 0.2) is 5.96 Å². The number of nitrogens with one attached hydrogen (secondary N) is 2. The fraction of sp³-hybridized carbons (Fsp3) is 0.565. The number of aromatic amines is 1. The van der Waals surface area contributed by atoms with E-state index in [2.05, 4.69) is 63.1 Å². The quantitative estimate of drug-likeness (QED) is 0.377. The molecule has 7 heteroatoms. The molecule has 1 aliphatic heterocycles. The van der Waals surface area contributed by atoms with Crippen LogP contribution in [0.3, 0.4) is 0 Å². The number of nitrogens with zero attached hydrogens (tertiary/aromatic N) is 5. The topological polar surface area (TPSA) is 62.8 Å². The number of imidazole rings is 1. The van der Waals surface area contributed by atoms with Gasteiger partial charge in [0, 0.05) is 46.3 Å². The first-order valence-corrected chi connectivity index (χ1v) is 11.2. The highest BCUT2D eigenvalue weighted by Crippen LogP contribution is 2.16. The number of aliphatic imine (C=N–C) groups is 1. The van der Waals surface area contributed by atoms with Crippen molar-refractivity contribution in [3.05, 3.63) is 42.4 Å². The lowest BCUT2D eigenvalue weighted by atomic mass is 10.2. The van der Waals surface area contributed by atoms with E-state index in [0.29, 0.717) is 6.54 Å². The molecular formula is C23H37N7. The van der Waals surface area contributed by atoms with Gasteiger partial charge in [0.05, 0.1) is 18.4 Å². The van der Waals surface area contributed by atoms with Crippen molar-refractivity contribution in [3.63, 3.8) is 0 Å². The van der Waals surface area contributed by atoms with E-state index in [1.165, 1.54) is 39.1 Å². The first-order valence-electron chi connectivity index (χ1n) is 11.2. The maximum Gasteiger partial charge on any atom is 0.194 e. The molecular weight excluding hydrogens is 374 g/mol. The molecule has 2 aromatic rings. The standard InChI is InChI=1S/C23H37N7/c1-4-24-23(25-12-8-9-13-30-16-14-28(2)15-17-30)29(3)19-22-26-18-21(27-22)20-10-6-5-7-11-20/h5-7,10-11,18H,4,8-9,12-17,19H2,1-3H3,(H,24,25)(H,26,27). The summed E-state index contributed by atoms with van der Waals surface area (Å²) in [7, 11) is 4.27. The lowest BCUT2D eigenvalue weighted by Crippen LogP contribution is -2.44. The molecule has 0 atom stereocenters. The molecule has 1 aliphatic rings. The van der Waals surface area contributed by atoms with Gasteiger partial charge in [-0.15, -0.1) is 0 Å². The molecule has 0 radical (unpaired) electrons. The molecule has 0 amide bonds. The molecule has 0 spiro atoms. The summed E-state index contributed by atoms with van der Waals surface area (Å²) in [6, 6.07) is 10.3. The number of H-pyrrole nitrogens is 1. The molecule has 3 rings (SSSR count). The van der Waals surface area contributed by atoms with Crippen LogP contribution in [0.2, 0.25) is 0 Å². The molecule has 0 saturated carbocycles. The fourth-order valence-corrected chi connectivity index (χ4v) is 3.68. The van der Waals surface area contributed by atoms with E-state index in [4.69, 9.17) is 4.99 Å². The van der Waals surface area contributed by atoms with E-state index >= 15 is 0 Å². The first-order chi connectivity index (χ1) is 14.7. The maximum atomic E-state index is 4.83. The highest BCUT2D eigenvalue weighted by atomic mass is 15.3. The van der Waals surface area contributed by atoms with Crippen molar-refractivity contribution in [1.29, 1.82) is 0 Å². The zero-order valence-electron chi connectivity index (χ0n) is 18.8. The van der Waals surface area contributed by atoms with Gasteiger partial charge in [-0.3, -0.25) is 4.99 Å². The molecule has 0 unspecified atom stereocenters. The minimum absolute atomic E-state index is 0.694. The summed E-state index contributed by atoms with van der Waals surface area (Å²) >= 11 is 0. The summed E-state index contributed by atoms with van der Waals surface area (Å²) in [4.78, 5) is 19.9. The molecule has 30 heavy (non-hydrogen) atoms. The van der Waals surface area contributed by atoms with Gasteiger partial charge in [-0.1, -0.05) is 30.3 Å². The van der Waals surface area contributed by atoms with E-state index in [1.54, 1.807) is 0 Å². The van der Waals surface area contributed by atoms with E-state index in [0.717, 1.165) is 42.6 Å². The summed E-state index contributed by atoms with van der Waals surface area (Å²) in [5, 5.41) is 3.40. The van der Waals surface area contributed by atoms with Crippen LogP contribution >= 0.6 is 0 Å². The highest BCUT2D eigenvalue weighted by molar-refractivity contribution is 5.79. The third-order valence-corrected chi connectivity index (χ3v) is 5.54. The number of aromatic nitrogens is 2. The predicted octanol–water partition coefficient (Wildman–Crippen LogP) is 2.50. The number of guanidine groups is 1. The van der Waals surface area contributed by atoms with Crippen LogP contribution in [0.15, 0.2) is 41.5 Å². The summed E-state index contributed by atoms with van der Waals surface area (Å²) in [6.07, 6.45) is 4.23. The van der Waals surface area contributed by atoms with Crippen LogP contribution in [0.25, 0.3) is 11.3 Å². The summed E-state index contributed by atoms with van der Waals surface area (Å²) in [6.45, 7) is 10.5. The van der Waals surface area contributed by atoms with Crippen molar-refractivity contribution in [2.75, 3.05) is 59.9 Å².